The van der Waals surface area contributed by atoms with Gasteiger partial charge >= 0.3 is 0 Å². The largest absolute Gasteiger partial charge is 0.497 e. The molecule has 92 valence electrons. The summed E-state index contributed by atoms with van der Waals surface area (Å²) in [4.78, 5) is 26.6. The van der Waals surface area contributed by atoms with Gasteiger partial charge in [0.25, 0.3) is 11.5 Å². The van der Waals surface area contributed by atoms with E-state index in [9.17, 15) is 9.59 Å². The van der Waals surface area contributed by atoms with E-state index in [0.29, 0.717) is 11.4 Å². The molecule has 1 aromatic heterocycles. The van der Waals surface area contributed by atoms with Crippen LogP contribution in [0.15, 0.2) is 41.5 Å². The molecule has 0 unspecified atom stereocenters. The highest BCUT2D eigenvalue weighted by Crippen LogP contribution is 2.13. The summed E-state index contributed by atoms with van der Waals surface area (Å²) in [6, 6.07) is 6.83. The monoisotopic (exact) mass is 245 g/mol. The Morgan fingerprint density at radius 1 is 1.33 bits per heavy atom. The standard InChI is InChI=1S/C12H11N3O3/c1-18-9-4-2-8(3-5-9)15-7-6-14-10(11(13)16)12(15)17/h2-7H,1H3,(H2,13,16). The number of ether oxygens (including phenoxy) is 1. The third-order valence-electron chi connectivity index (χ3n) is 2.42. The molecule has 0 fully saturated rings. The number of primary amides is 1. The second-order valence-corrected chi connectivity index (χ2v) is 3.51. The number of rotatable bonds is 3. The van der Waals surface area contributed by atoms with Gasteiger partial charge < -0.3 is 10.5 Å². The Balaban J connectivity index is 2.53. The van der Waals surface area contributed by atoms with Gasteiger partial charge in [0.15, 0.2) is 5.69 Å². The SMILES string of the molecule is COc1ccc(-n2ccnc(C(N)=O)c2=O)cc1. The van der Waals surface area contributed by atoms with Crippen molar-refractivity contribution in [3.05, 3.63) is 52.7 Å². The first-order chi connectivity index (χ1) is 8.63. The molecule has 0 aliphatic carbocycles. The zero-order valence-corrected chi connectivity index (χ0v) is 9.66. The lowest BCUT2D eigenvalue weighted by Crippen LogP contribution is -2.29. The summed E-state index contributed by atoms with van der Waals surface area (Å²) in [7, 11) is 1.55. The summed E-state index contributed by atoms with van der Waals surface area (Å²) in [5.74, 6) is -0.168. The van der Waals surface area contributed by atoms with Crippen LogP contribution >= 0.6 is 0 Å². The minimum atomic E-state index is -0.845. The third kappa shape index (κ3) is 2.08. The molecule has 1 amide bonds. The Bertz CT molecular complexity index is 632. The van der Waals surface area contributed by atoms with E-state index in [2.05, 4.69) is 4.98 Å². The number of carbonyl (C=O) groups is 1. The molecule has 6 heteroatoms. The van der Waals surface area contributed by atoms with Crippen LogP contribution in [0.4, 0.5) is 0 Å². The molecule has 1 heterocycles. The second-order valence-electron chi connectivity index (χ2n) is 3.51. The lowest BCUT2D eigenvalue weighted by atomic mass is 10.3. The van der Waals surface area contributed by atoms with Gasteiger partial charge in [0.05, 0.1) is 7.11 Å². The van der Waals surface area contributed by atoms with Crippen LogP contribution in [0.5, 0.6) is 5.75 Å². The smallest absolute Gasteiger partial charge is 0.286 e. The normalized spacial score (nSPS) is 10.1. The lowest BCUT2D eigenvalue weighted by molar-refractivity contribution is 0.0993. The van der Waals surface area contributed by atoms with Gasteiger partial charge in [0, 0.05) is 18.1 Å². The summed E-state index contributed by atoms with van der Waals surface area (Å²) in [6.45, 7) is 0. The molecule has 2 N–H and O–H groups in total. The Labute approximate surface area is 103 Å². The second kappa shape index (κ2) is 4.70. The number of methoxy groups -OCH3 is 1. The maximum Gasteiger partial charge on any atom is 0.286 e. The summed E-state index contributed by atoms with van der Waals surface area (Å²) in [5, 5.41) is 0. The minimum absolute atomic E-state index is 0.284. The number of benzene rings is 1. The van der Waals surface area contributed by atoms with Crippen LogP contribution in [0, 0.1) is 0 Å². The first kappa shape index (κ1) is 11.8. The van der Waals surface area contributed by atoms with Gasteiger partial charge in [0.2, 0.25) is 0 Å². The van der Waals surface area contributed by atoms with E-state index >= 15 is 0 Å². The Morgan fingerprint density at radius 2 is 2.00 bits per heavy atom. The molecule has 0 radical (unpaired) electrons. The molecule has 0 spiro atoms. The predicted octanol–water partition coefficient (Wildman–Crippen LogP) is 0.340. The summed E-state index contributed by atoms with van der Waals surface area (Å²) in [5.41, 5.74) is 4.84. The molecule has 0 atom stereocenters. The van der Waals surface area contributed by atoms with E-state index in [1.54, 1.807) is 31.4 Å². The molecular weight excluding hydrogens is 234 g/mol. The van der Waals surface area contributed by atoms with Crippen molar-refractivity contribution < 1.29 is 9.53 Å². The number of carbonyl (C=O) groups excluding carboxylic acids is 1. The van der Waals surface area contributed by atoms with Gasteiger partial charge in [-0.25, -0.2) is 4.98 Å². The van der Waals surface area contributed by atoms with Crippen LogP contribution in [0.2, 0.25) is 0 Å². The van der Waals surface area contributed by atoms with Crippen molar-refractivity contribution in [2.45, 2.75) is 0 Å². The first-order valence-electron chi connectivity index (χ1n) is 5.15. The fourth-order valence-corrected chi connectivity index (χ4v) is 1.53. The zero-order chi connectivity index (χ0) is 13.1. The van der Waals surface area contributed by atoms with Gasteiger partial charge in [-0.05, 0) is 24.3 Å². The molecule has 6 nitrogen and oxygen atoms in total. The van der Waals surface area contributed by atoms with Gasteiger partial charge in [-0.15, -0.1) is 0 Å². The number of nitrogens with zero attached hydrogens (tertiary/aromatic N) is 2. The molecular formula is C12H11N3O3. The van der Waals surface area contributed by atoms with Crippen LogP contribution in [0.1, 0.15) is 10.5 Å². The average Bonchev–Trinajstić information content (AvgIpc) is 2.39. The highest BCUT2D eigenvalue weighted by Gasteiger charge is 2.11. The van der Waals surface area contributed by atoms with Gasteiger partial charge in [-0.3, -0.25) is 14.2 Å². The van der Waals surface area contributed by atoms with Crippen molar-refractivity contribution in [1.29, 1.82) is 0 Å². The maximum atomic E-state index is 11.9. The van der Waals surface area contributed by atoms with Crippen LogP contribution < -0.4 is 16.0 Å². The van der Waals surface area contributed by atoms with Gasteiger partial charge in [0.1, 0.15) is 5.75 Å². The van der Waals surface area contributed by atoms with E-state index < -0.39 is 11.5 Å². The van der Waals surface area contributed by atoms with E-state index in [0.717, 1.165) is 0 Å². The number of hydrogen-bond acceptors (Lipinski definition) is 4. The molecule has 0 aliphatic heterocycles. The molecule has 0 bridgehead atoms. The highest BCUT2D eigenvalue weighted by atomic mass is 16.5. The van der Waals surface area contributed by atoms with Gasteiger partial charge in [-0.1, -0.05) is 0 Å². The van der Waals surface area contributed by atoms with Crippen LogP contribution in [0.25, 0.3) is 5.69 Å². The summed E-state index contributed by atoms with van der Waals surface area (Å²) in [6.07, 6.45) is 2.82. The van der Waals surface area contributed by atoms with Crippen molar-refractivity contribution in [1.82, 2.24) is 9.55 Å². The number of hydrogen-bond donors (Lipinski definition) is 1. The van der Waals surface area contributed by atoms with E-state index in [1.807, 2.05) is 0 Å². The molecule has 0 saturated heterocycles. The van der Waals surface area contributed by atoms with Crippen molar-refractivity contribution in [3.8, 4) is 11.4 Å². The third-order valence-corrected chi connectivity index (χ3v) is 2.42. The molecule has 0 saturated carbocycles. The van der Waals surface area contributed by atoms with Crippen LogP contribution in [-0.4, -0.2) is 22.6 Å². The highest BCUT2D eigenvalue weighted by molar-refractivity contribution is 5.90. The summed E-state index contributed by atoms with van der Waals surface area (Å²) < 4.78 is 6.32. The van der Waals surface area contributed by atoms with Crippen molar-refractivity contribution >= 4 is 5.91 Å². The summed E-state index contributed by atoms with van der Waals surface area (Å²) >= 11 is 0. The average molecular weight is 245 g/mol. The lowest BCUT2D eigenvalue weighted by Gasteiger charge is -2.07. The number of nitrogens with two attached hydrogens (primary N) is 1. The Kier molecular flexibility index (Phi) is 3.09. The topological polar surface area (TPSA) is 87.2 Å². The Morgan fingerprint density at radius 3 is 2.56 bits per heavy atom. The molecule has 2 aromatic rings. The maximum absolute atomic E-state index is 11.9. The first-order valence-corrected chi connectivity index (χ1v) is 5.15. The fraction of sp³-hybridized carbons (Fsp3) is 0.0833. The Hall–Kier alpha value is -2.63. The zero-order valence-electron chi connectivity index (χ0n) is 9.66. The number of amides is 1. The fourth-order valence-electron chi connectivity index (χ4n) is 1.53. The van der Waals surface area contributed by atoms with Crippen LogP contribution in [-0.2, 0) is 0 Å². The van der Waals surface area contributed by atoms with E-state index in [-0.39, 0.29) is 5.69 Å². The molecule has 2 rings (SSSR count). The molecule has 18 heavy (non-hydrogen) atoms. The number of aromatic nitrogens is 2. The van der Waals surface area contributed by atoms with E-state index in [4.69, 9.17) is 10.5 Å². The predicted molar refractivity (Wildman–Crippen MR) is 64.9 cm³/mol. The van der Waals surface area contributed by atoms with Crippen molar-refractivity contribution in [3.63, 3.8) is 0 Å². The molecule has 0 aliphatic rings. The van der Waals surface area contributed by atoms with Crippen molar-refractivity contribution in [2.75, 3.05) is 7.11 Å². The van der Waals surface area contributed by atoms with Gasteiger partial charge in [-0.2, -0.15) is 0 Å². The minimum Gasteiger partial charge on any atom is -0.497 e. The van der Waals surface area contributed by atoms with E-state index in [1.165, 1.54) is 17.0 Å². The quantitative estimate of drug-likeness (QED) is 0.844. The molecule has 1 aromatic carbocycles. The van der Waals surface area contributed by atoms with Crippen molar-refractivity contribution in [2.24, 2.45) is 5.73 Å². The van der Waals surface area contributed by atoms with Crippen LogP contribution in [0.3, 0.4) is 0 Å².